The number of carbonyl (C=O) groups is 1. The summed E-state index contributed by atoms with van der Waals surface area (Å²) in [4.78, 5) is 15.2. The Morgan fingerprint density at radius 3 is 2.35 bits per heavy atom. The van der Waals surface area contributed by atoms with Gasteiger partial charge >= 0.3 is 5.97 Å². The van der Waals surface area contributed by atoms with Crippen LogP contribution in [0.25, 0.3) is 0 Å². The van der Waals surface area contributed by atoms with Crippen LogP contribution in [0.3, 0.4) is 0 Å². The molecule has 0 amide bonds. The molecule has 0 aliphatic carbocycles. The molecule has 2 rings (SSSR count). The van der Waals surface area contributed by atoms with Gasteiger partial charge < -0.3 is 4.74 Å². The van der Waals surface area contributed by atoms with Gasteiger partial charge in [-0.25, -0.2) is 4.79 Å². The maximum atomic E-state index is 11.9. The largest absolute Gasteiger partial charge is 0.462 e. The molecule has 104 valence electrons. The fourth-order valence-corrected chi connectivity index (χ4v) is 3.05. The highest BCUT2D eigenvalue weighted by atomic mass is 32.2. The number of thioether (sulfide) groups is 1. The summed E-state index contributed by atoms with van der Waals surface area (Å²) in [5.41, 5.74) is 0.619. The fourth-order valence-electron chi connectivity index (χ4n) is 1.70. The topological polar surface area (TPSA) is 26.3 Å². The Hall–Kier alpha value is -1.39. The molecule has 0 unspecified atom stereocenters. The third-order valence-corrected chi connectivity index (χ3v) is 4.50. The van der Waals surface area contributed by atoms with Crippen molar-refractivity contribution in [2.75, 3.05) is 12.9 Å². The van der Waals surface area contributed by atoms with E-state index in [1.165, 1.54) is 4.90 Å². The van der Waals surface area contributed by atoms with Gasteiger partial charge in [0.15, 0.2) is 0 Å². The minimum absolute atomic E-state index is 0.267. The van der Waals surface area contributed by atoms with E-state index in [-0.39, 0.29) is 5.97 Å². The van der Waals surface area contributed by atoms with Crippen LogP contribution in [0.1, 0.15) is 17.3 Å². The van der Waals surface area contributed by atoms with Crippen molar-refractivity contribution in [3.05, 3.63) is 54.1 Å². The Labute approximate surface area is 127 Å². The van der Waals surface area contributed by atoms with Crippen molar-refractivity contribution < 1.29 is 9.53 Å². The molecule has 2 nitrogen and oxygen atoms in total. The zero-order valence-electron chi connectivity index (χ0n) is 11.5. The SMILES string of the molecule is CCOC(=O)c1ccccc1Sc1ccc(SC)cc1. The van der Waals surface area contributed by atoms with Gasteiger partial charge in [0.05, 0.1) is 12.2 Å². The van der Waals surface area contributed by atoms with Crippen molar-refractivity contribution in [3.63, 3.8) is 0 Å². The highest BCUT2D eigenvalue weighted by Crippen LogP contribution is 2.31. The van der Waals surface area contributed by atoms with Crippen molar-refractivity contribution in [2.45, 2.75) is 21.6 Å². The van der Waals surface area contributed by atoms with E-state index in [9.17, 15) is 4.79 Å². The van der Waals surface area contributed by atoms with Crippen molar-refractivity contribution >= 4 is 29.5 Å². The number of ether oxygens (including phenoxy) is 1. The first kappa shape index (κ1) is 15.0. The van der Waals surface area contributed by atoms with Gasteiger partial charge in [-0.3, -0.25) is 0 Å². The zero-order chi connectivity index (χ0) is 14.4. The minimum Gasteiger partial charge on any atom is -0.462 e. The Bertz CT molecular complexity index is 579. The van der Waals surface area contributed by atoms with Gasteiger partial charge in [-0.1, -0.05) is 23.9 Å². The molecule has 0 spiro atoms. The molecular weight excluding hydrogens is 288 g/mol. The molecule has 0 aliphatic heterocycles. The number of carbonyl (C=O) groups excluding carboxylic acids is 1. The first-order chi connectivity index (χ1) is 9.74. The molecule has 20 heavy (non-hydrogen) atoms. The van der Waals surface area contributed by atoms with Gasteiger partial charge in [-0.05, 0) is 49.6 Å². The maximum absolute atomic E-state index is 11.9. The van der Waals surface area contributed by atoms with Crippen molar-refractivity contribution in [2.24, 2.45) is 0 Å². The molecule has 0 radical (unpaired) electrons. The Morgan fingerprint density at radius 2 is 1.70 bits per heavy atom. The number of benzene rings is 2. The fraction of sp³-hybridized carbons (Fsp3) is 0.188. The maximum Gasteiger partial charge on any atom is 0.339 e. The van der Waals surface area contributed by atoms with Crippen molar-refractivity contribution in [1.82, 2.24) is 0 Å². The van der Waals surface area contributed by atoms with Gasteiger partial charge in [0.1, 0.15) is 0 Å². The summed E-state index contributed by atoms with van der Waals surface area (Å²) >= 11 is 3.29. The Kier molecular flexibility index (Phi) is 5.56. The Morgan fingerprint density at radius 1 is 1.05 bits per heavy atom. The van der Waals surface area contributed by atoms with E-state index in [2.05, 4.69) is 30.5 Å². The van der Waals surface area contributed by atoms with Crippen LogP contribution in [0.2, 0.25) is 0 Å². The van der Waals surface area contributed by atoms with E-state index in [0.717, 1.165) is 9.79 Å². The molecule has 0 aliphatic rings. The first-order valence-corrected chi connectivity index (χ1v) is 8.36. The van der Waals surface area contributed by atoms with E-state index in [1.807, 2.05) is 25.1 Å². The average Bonchev–Trinajstić information content (AvgIpc) is 2.49. The van der Waals surface area contributed by atoms with E-state index < -0.39 is 0 Å². The van der Waals surface area contributed by atoms with E-state index in [4.69, 9.17) is 4.74 Å². The van der Waals surface area contributed by atoms with Gasteiger partial charge in [0.25, 0.3) is 0 Å². The molecule has 0 saturated carbocycles. The molecule has 2 aromatic rings. The number of rotatable bonds is 5. The van der Waals surface area contributed by atoms with E-state index in [0.29, 0.717) is 12.2 Å². The van der Waals surface area contributed by atoms with Gasteiger partial charge in [-0.15, -0.1) is 11.8 Å². The third-order valence-electron chi connectivity index (χ3n) is 2.67. The van der Waals surface area contributed by atoms with Crippen LogP contribution in [0.4, 0.5) is 0 Å². The summed E-state index contributed by atoms with van der Waals surface area (Å²) in [7, 11) is 0. The van der Waals surface area contributed by atoms with Gasteiger partial charge in [0.2, 0.25) is 0 Å². The molecule has 0 fully saturated rings. The summed E-state index contributed by atoms with van der Waals surface area (Å²) in [6.07, 6.45) is 2.05. The van der Waals surface area contributed by atoms with Crippen molar-refractivity contribution in [3.8, 4) is 0 Å². The molecule has 2 aromatic carbocycles. The minimum atomic E-state index is -0.267. The lowest BCUT2D eigenvalue weighted by Crippen LogP contribution is -2.05. The first-order valence-electron chi connectivity index (χ1n) is 6.32. The van der Waals surface area contributed by atoms with Crippen molar-refractivity contribution in [1.29, 1.82) is 0 Å². The molecule has 0 heterocycles. The van der Waals surface area contributed by atoms with E-state index in [1.54, 1.807) is 29.6 Å². The molecule has 4 heteroatoms. The summed E-state index contributed by atoms with van der Waals surface area (Å²) < 4.78 is 5.09. The lowest BCUT2D eigenvalue weighted by Gasteiger charge is -2.08. The van der Waals surface area contributed by atoms with Crippen LogP contribution in [-0.2, 0) is 4.74 Å². The summed E-state index contributed by atoms with van der Waals surface area (Å²) in [5, 5.41) is 0. The van der Waals surface area contributed by atoms with Crippen LogP contribution in [-0.4, -0.2) is 18.8 Å². The lowest BCUT2D eigenvalue weighted by molar-refractivity contribution is 0.0522. The van der Waals surface area contributed by atoms with Crippen LogP contribution in [0, 0.1) is 0 Å². The second-order valence-electron chi connectivity index (χ2n) is 3.99. The second-order valence-corrected chi connectivity index (χ2v) is 5.99. The lowest BCUT2D eigenvalue weighted by atomic mass is 10.2. The monoisotopic (exact) mass is 304 g/mol. The standard InChI is InChI=1S/C16H16O2S2/c1-3-18-16(17)14-6-4-5-7-15(14)20-13-10-8-12(19-2)9-11-13/h4-11H,3H2,1-2H3. The van der Waals surface area contributed by atoms with Crippen LogP contribution in [0.15, 0.2) is 63.2 Å². The normalized spacial score (nSPS) is 10.3. The number of esters is 1. The van der Waals surface area contributed by atoms with Gasteiger partial charge in [0, 0.05) is 14.7 Å². The summed E-state index contributed by atoms with van der Waals surface area (Å²) in [6.45, 7) is 2.20. The smallest absolute Gasteiger partial charge is 0.339 e. The molecular formula is C16H16O2S2. The number of hydrogen-bond donors (Lipinski definition) is 0. The van der Waals surface area contributed by atoms with Crippen LogP contribution >= 0.6 is 23.5 Å². The van der Waals surface area contributed by atoms with Crippen LogP contribution in [0.5, 0.6) is 0 Å². The third kappa shape index (κ3) is 3.81. The molecule has 0 N–H and O–H groups in total. The van der Waals surface area contributed by atoms with E-state index >= 15 is 0 Å². The molecule has 0 atom stereocenters. The van der Waals surface area contributed by atoms with Crippen LogP contribution < -0.4 is 0 Å². The second kappa shape index (κ2) is 7.41. The quantitative estimate of drug-likeness (QED) is 0.589. The predicted molar refractivity (Wildman–Crippen MR) is 84.7 cm³/mol. The highest BCUT2D eigenvalue weighted by molar-refractivity contribution is 7.99. The zero-order valence-corrected chi connectivity index (χ0v) is 13.1. The average molecular weight is 304 g/mol. The number of hydrogen-bond acceptors (Lipinski definition) is 4. The summed E-state index contributed by atoms with van der Waals surface area (Å²) in [6, 6.07) is 15.8. The molecule has 0 aromatic heterocycles. The highest BCUT2D eigenvalue weighted by Gasteiger charge is 2.12. The Balaban J connectivity index is 2.21. The summed E-state index contributed by atoms with van der Waals surface area (Å²) in [5.74, 6) is -0.267. The molecule has 0 bridgehead atoms. The predicted octanol–water partition coefficient (Wildman–Crippen LogP) is 4.74. The van der Waals surface area contributed by atoms with Gasteiger partial charge in [-0.2, -0.15) is 0 Å². The molecule has 0 saturated heterocycles.